The number of rotatable bonds is 4. The van der Waals surface area contributed by atoms with Crippen LogP contribution in [0.3, 0.4) is 0 Å². The first-order valence-electron chi connectivity index (χ1n) is 7.47. The van der Waals surface area contributed by atoms with Crippen LogP contribution in [0.5, 0.6) is 0 Å². The number of carbonyl (C=O) groups is 2. The van der Waals surface area contributed by atoms with Gasteiger partial charge in [0.25, 0.3) is 0 Å². The fourth-order valence-electron chi connectivity index (χ4n) is 2.84. The highest BCUT2D eigenvalue weighted by molar-refractivity contribution is 5.79. The average molecular weight is 282 g/mol. The Balaban J connectivity index is 1.73. The first kappa shape index (κ1) is 15.3. The molecule has 1 N–H and O–H groups in total. The van der Waals surface area contributed by atoms with Gasteiger partial charge in [-0.05, 0) is 39.5 Å². The third-order valence-corrected chi connectivity index (χ3v) is 4.06. The van der Waals surface area contributed by atoms with Gasteiger partial charge in [0.1, 0.15) is 0 Å². The molecule has 2 aliphatic rings. The Kier molecular flexibility index (Phi) is 5.37. The van der Waals surface area contributed by atoms with Crippen LogP contribution in [-0.2, 0) is 9.59 Å². The van der Waals surface area contributed by atoms with Crippen LogP contribution in [0.2, 0.25) is 0 Å². The van der Waals surface area contributed by atoms with Gasteiger partial charge in [-0.2, -0.15) is 0 Å². The van der Waals surface area contributed by atoms with Gasteiger partial charge in [-0.15, -0.1) is 0 Å². The highest BCUT2D eigenvalue weighted by Crippen LogP contribution is 2.15. The molecule has 0 bridgehead atoms. The Hall–Kier alpha value is -1.14. The third-order valence-electron chi connectivity index (χ3n) is 4.06. The van der Waals surface area contributed by atoms with E-state index in [4.69, 9.17) is 0 Å². The standard InChI is InChI=1S/C14H26N4O2/c1-16(2)11-14(20)18-7-5-17(6-8-18)13(19)9-12-3-4-15-10-12/h12,15H,3-11H2,1-2H3. The van der Waals surface area contributed by atoms with Crippen molar-refractivity contribution in [2.24, 2.45) is 5.92 Å². The highest BCUT2D eigenvalue weighted by Gasteiger charge is 2.26. The van der Waals surface area contributed by atoms with Crippen molar-refractivity contribution >= 4 is 11.8 Å². The van der Waals surface area contributed by atoms with Crippen LogP contribution >= 0.6 is 0 Å². The van der Waals surface area contributed by atoms with E-state index in [1.165, 1.54) is 0 Å². The quantitative estimate of drug-likeness (QED) is 0.735. The molecule has 2 saturated heterocycles. The lowest BCUT2D eigenvalue weighted by Crippen LogP contribution is -2.52. The average Bonchev–Trinajstić information content (AvgIpc) is 2.91. The van der Waals surface area contributed by atoms with E-state index in [-0.39, 0.29) is 11.8 Å². The SMILES string of the molecule is CN(C)CC(=O)N1CCN(C(=O)CC2CCNC2)CC1. The maximum atomic E-state index is 12.2. The molecule has 0 radical (unpaired) electrons. The van der Waals surface area contributed by atoms with Crippen molar-refractivity contribution in [1.29, 1.82) is 0 Å². The molecular weight excluding hydrogens is 256 g/mol. The summed E-state index contributed by atoms with van der Waals surface area (Å²) in [5.41, 5.74) is 0. The molecule has 0 saturated carbocycles. The maximum absolute atomic E-state index is 12.2. The topological polar surface area (TPSA) is 55.9 Å². The molecule has 0 spiro atoms. The summed E-state index contributed by atoms with van der Waals surface area (Å²) in [6, 6.07) is 0. The molecule has 2 amide bonds. The van der Waals surface area contributed by atoms with Crippen LogP contribution in [0, 0.1) is 5.92 Å². The van der Waals surface area contributed by atoms with Gasteiger partial charge in [0, 0.05) is 32.6 Å². The van der Waals surface area contributed by atoms with E-state index in [2.05, 4.69) is 5.32 Å². The number of piperazine rings is 1. The fraction of sp³-hybridized carbons (Fsp3) is 0.857. The van der Waals surface area contributed by atoms with E-state index < -0.39 is 0 Å². The molecule has 2 heterocycles. The number of hydrogen-bond donors (Lipinski definition) is 1. The molecule has 2 rings (SSSR count). The van der Waals surface area contributed by atoms with Crippen molar-refractivity contribution in [3.05, 3.63) is 0 Å². The largest absolute Gasteiger partial charge is 0.339 e. The normalized spacial score (nSPS) is 23.4. The summed E-state index contributed by atoms with van der Waals surface area (Å²) < 4.78 is 0. The van der Waals surface area contributed by atoms with Crippen LogP contribution < -0.4 is 5.32 Å². The van der Waals surface area contributed by atoms with Crippen LogP contribution in [0.1, 0.15) is 12.8 Å². The molecule has 1 unspecified atom stereocenters. The Bertz CT molecular complexity index is 345. The Morgan fingerprint density at radius 3 is 2.20 bits per heavy atom. The predicted molar refractivity (Wildman–Crippen MR) is 77.3 cm³/mol. The Morgan fingerprint density at radius 2 is 1.70 bits per heavy atom. The molecule has 2 fully saturated rings. The summed E-state index contributed by atoms with van der Waals surface area (Å²) in [5.74, 6) is 0.899. The lowest BCUT2D eigenvalue weighted by atomic mass is 10.0. The van der Waals surface area contributed by atoms with Crippen molar-refractivity contribution in [3.8, 4) is 0 Å². The minimum absolute atomic E-state index is 0.155. The number of nitrogens with one attached hydrogen (secondary N) is 1. The van der Waals surface area contributed by atoms with Crippen molar-refractivity contribution in [1.82, 2.24) is 20.0 Å². The van der Waals surface area contributed by atoms with Crippen LogP contribution in [0.15, 0.2) is 0 Å². The number of likely N-dealkylation sites (N-methyl/N-ethyl adjacent to an activating group) is 1. The van der Waals surface area contributed by atoms with Gasteiger partial charge >= 0.3 is 0 Å². The number of amides is 2. The number of hydrogen-bond acceptors (Lipinski definition) is 4. The zero-order chi connectivity index (χ0) is 14.5. The maximum Gasteiger partial charge on any atom is 0.236 e. The second-order valence-corrected chi connectivity index (χ2v) is 6.06. The van der Waals surface area contributed by atoms with E-state index in [0.29, 0.717) is 45.1 Å². The second kappa shape index (κ2) is 7.04. The molecule has 6 nitrogen and oxygen atoms in total. The van der Waals surface area contributed by atoms with E-state index in [1.807, 2.05) is 28.8 Å². The fourth-order valence-corrected chi connectivity index (χ4v) is 2.84. The summed E-state index contributed by atoms with van der Waals surface area (Å²) >= 11 is 0. The smallest absolute Gasteiger partial charge is 0.236 e. The molecule has 1 atom stereocenters. The monoisotopic (exact) mass is 282 g/mol. The van der Waals surface area contributed by atoms with E-state index in [9.17, 15) is 9.59 Å². The molecule has 0 aromatic carbocycles. The van der Waals surface area contributed by atoms with Gasteiger partial charge in [0.15, 0.2) is 0 Å². The van der Waals surface area contributed by atoms with Gasteiger partial charge < -0.3 is 20.0 Å². The Morgan fingerprint density at radius 1 is 1.10 bits per heavy atom. The van der Waals surface area contributed by atoms with E-state index in [0.717, 1.165) is 19.5 Å². The molecular formula is C14H26N4O2. The minimum atomic E-state index is 0.155. The van der Waals surface area contributed by atoms with Crippen molar-refractivity contribution in [2.75, 3.05) is 59.9 Å². The van der Waals surface area contributed by atoms with E-state index in [1.54, 1.807) is 0 Å². The first-order valence-corrected chi connectivity index (χ1v) is 7.47. The molecule has 0 aliphatic carbocycles. The molecule has 6 heteroatoms. The Labute approximate surface area is 121 Å². The zero-order valence-electron chi connectivity index (χ0n) is 12.6. The highest BCUT2D eigenvalue weighted by atomic mass is 16.2. The molecule has 114 valence electrons. The summed E-state index contributed by atoms with van der Waals surface area (Å²) in [4.78, 5) is 29.8. The summed E-state index contributed by atoms with van der Waals surface area (Å²) in [7, 11) is 3.79. The van der Waals surface area contributed by atoms with E-state index >= 15 is 0 Å². The van der Waals surface area contributed by atoms with Crippen molar-refractivity contribution < 1.29 is 9.59 Å². The number of nitrogens with zero attached hydrogens (tertiary/aromatic N) is 3. The van der Waals surface area contributed by atoms with Gasteiger partial charge in [0.2, 0.25) is 11.8 Å². The van der Waals surface area contributed by atoms with Gasteiger partial charge in [-0.3, -0.25) is 9.59 Å². The van der Waals surface area contributed by atoms with Gasteiger partial charge in [0.05, 0.1) is 6.54 Å². The van der Waals surface area contributed by atoms with Crippen LogP contribution in [-0.4, -0.2) is 86.4 Å². The van der Waals surface area contributed by atoms with Crippen LogP contribution in [0.25, 0.3) is 0 Å². The minimum Gasteiger partial charge on any atom is -0.339 e. The van der Waals surface area contributed by atoms with Gasteiger partial charge in [-0.25, -0.2) is 0 Å². The lowest BCUT2D eigenvalue weighted by molar-refractivity contribution is -0.140. The summed E-state index contributed by atoms with van der Waals surface area (Å²) in [6.45, 7) is 5.14. The van der Waals surface area contributed by atoms with Crippen molar-refractivity contribution in [3.63, 3.8) is 0 Å². The molecule has 2 aliphatic heterocycles. The predicted octanol–water partition coefficient (Wildman–Crippen LogP) is -0.782. The molecule has 0 aromatic heterocycles. The summed E-state index contributed by atoms with van der Waals surface area (Å²) in [5, 5.41) is 3.29. The summed E-state index contributed by atoms with van der Waals surface area (Å²) in [6.07, 6.45) is 1.76. The van der Waals surface area contributed by atoms with Crippen molar-refractivity contribution in [2.45, 2.75) is 12.8 Å². The number of carbonyl (C=O) groups excluding carboxylic acids is 2. The first-order chi connectivity index (χ1) is 9.56. The molecule has 0 aromatic rings. The van der Waals surface area contributed by atoms with Crippen LogP contribution in [0.4, 0.5) is 0 Å². The second-order valence-electron chi connectivity index (χ2n) is 6.06. The third kappa shape index (κ3) is 4.18. The zero-order valence-corrected chi connectivity index (χ0v) is 12.6. The molecule has 20 heavy (non-hydrogen) atoms. The van der Waals surface area contributed by atoms with Gasteiger partial charge in [-0.1, -0.05) is 0 Å². The lowest BCUT2D eigenvalue weighted by Gasteiger charge is -2.35.